The molecule has 1 fully saturated rings. The molecule has 0 bridgehead atoms. The molecule has 0 aromatic heterocycles. The smallest absolute Gasteiger partial charge is 0.128 e. The van der Waals surface area contributed by atoms with E-state index in [0.717, 1.165) is 25.7 Å². The van der Waals surface area contributed by atoms with Crippen molar-refractivity contribution in [2.24, 2.45) is 0 Å². The minimum atomic E-state index is -0.139. The number of epoxide rings is 1. The Balaban J connectivity index is 2.07. The molecule has 0 amide bonds. The summed E-state index contributed by atoms with van der Waals surface area (Å²) in [6, 6.07) is 21.5. The van der Waals surface area contributed by atoms with E-state index >= 15 is 0 Å². The molecule has 0 spiro atoms. The largest absolute Gasteiger partial charge is 0.352 e. The summed E-state index contributed by atoms with van der Waals surface area (Å²) in [5, 5.41) is 0. The van der Waals surface area contributed by atoms with E-state index in [1.54, 1.807) is 0 Å². The minimum absolute atomic E-state index is 0.139. The third kappa shape index (κ3) is 2.20. The van der Waals surface area contributed by atoms with Crippen molar-refractivity contribution >= 4 is 0 Å². The van der Waals surface area contributed by atoms with Crippen molar-refractivity contribution in [1.82, 2.24) is 0 Å². The van der Waals surface area contributed by atoms with Crippen LogP contribution in [0.1, 0.15) is 50.7 Å². The number of rotatable bonds is 6. The predicted molar refractivity (Wildman–Crippen MR) is 87.1 cm³/mol. The van der Waals surface area contributed by atoms with Gasteiger partial charge in [-0.1, -0.05) is 87.4 Å². The Labute approximate surface area is 128 Å². The van der Waals surface area contributed by atoms with E-state index in [-0.39, 0.29) is 11.2 Å². The molecule has 3 rings (SSSR count). The summed E-state index contributed by atoms with van der Waals surface area (Å²) in [5.41, 5.74) is 2.37. The maximum atomic E-state index is 6.55. The van der Waals surface area contributed by atoms with Gasteiger partial charge in [0.25, 0.3) is 0 Å². The first-order valence-corrected chi connectivity index (χ1v) is 8.10. The number of hydrogen-bond acceptors (Lipinski definition) is 1. The molecule has 21 heavy (non-hydrogen) atoms. The lowest BCUT2D eigenvalue weighted by atomic mass is 9.77. The lowest BCUT2D eigenvalue weighted by molar-refractivity contribution is 0.247. The highest BCUT2D eigenvalue weighted by Crippen LogP contribution is 2.66. The van der Waals surface area contributed by atoms with Crippen LogP contribution in [0.25, 0.3) is 0 Å². The molecule has 2 aromatic carbocycles. The molecule has 110 valence electrons. The summed E-state index contributed by atoms with van der Waals surface area (Å²) in [5.74, 6) is 0. The molecule has 1 saturated heterocycles. The van der Waals surface area contributed by atoms with Crippen molar-refractivity contribution < 1.29 is 4.74 Å². The normalized spacial score (nSPS) is 27.5. The quantitative estimate of drug-likeness (QED) is 0.645. The molecule has 1 heterocycles. The number of ether oxygens (including phenoxy) is 1. The van der Waals surface area contributed by atoms with Crippen LogP contribution in [-0.4, -0.2) is 0 Å². The fraction of sp³-hybridized carbons (Fsp3) is 0.400. The molecule has 0 N–H and O–H groups in total. The van der Waals surface area contributed by atoms with Gasteiger partial charge in [-0.2, -0.15) is 0 Å². The average molecular weight is 280 g/mol. The third-order valence-electron chi connectivity index (χ3n) is 4.64. The standard InChI is InChI=1S/C20H24O/c1-3-15-19(17-11-7-5-8-12-17)20(21-19,16-4-2)18-13-9-6-10-14-18/h5-14H,3-4,15-16H2,1-2H3. The highest BCUT2D eigenvalue weighted by molar-refractivity contribution is 5.41. The Morgan fingerprint density at radius 1 is 0.667 bits per heavy atom. The Bertz CT molecular complexity index is 524. The fourth-order valence-corrected chi connectivity index (χ4v) is 3.77. The molecule has 2 unspecified atom stereocenters. The molecule has 0 radical (unpaired) electrons. The molecule has 1 aliphatic rings. The monoisotopic (exact) mass is 280 g/mol. The van der Waals surface area contributed by atoms with Crippen LogP contribution in [0, 0.1) is 0 Å². The van der Waals surface area contributed by atoms with Crippen LogP contribution in [0.4, 0.5) is 0 Å². The van der Waals surface area contributed by atoms with E-state index in [2.05, 4.69) is 74.5 Å². The maximum absolute atomic E-state index is 6.55. The summed E-state index contributed by atoms with van der Waals surface area (Å²) in [6.07, 6.45) is 4.41. The minimum Gasteiger partial charge on any atom is -0.352 e. The first kappa shape index (κ1) is 14.3. The predicted octanol–water partition coefficient (Wildman–Crippen LogP) is 5.41. The lowest BCUT2D eigenvalue weighted by Crippen LogP contribution is -2.22. The van der Waals surface area contributed by atoms with Gasteiger partial charge in [-0.15, -0.1) is 0 Å². The lowest BCUT2D eigenvalue weighted by Gasteiger charge is -2.20. The van der Waals surface area contributed by atoms with Crippen LogP contribution in [0.5, 0.6) is 0 Å². The average Bonchev–Trinajstić information content (AvgIpc) is 3.20. The van der Waals surface area contributed by atoms with E-state index in [9.17, 15) is 0 Å². The molecule has 1 nitrogen and oxygen atoms in total. The molecular weight excluding hydrogens is 256 g/mol. The van der Waals surface area contributed by atoms with E-state index in [1.165, 1.54) is 11.1 Å². The summed E-state index contributed by atoms with van der Waals surface area (Å²) in [7, 11) is 0. The van der Waals surface area contributed by atoms with Gasteiger partial charge in [-0.05, 0) is 24.0 Å². The third-order valence-corrected chi connectivity index (χ3v) is 4.64. The Kier molecular flexibility index (Phi) is 3.86. The second-order valence-electron chi connectivity index (χ2n) is 5.99. The highest BCUT2D eigenvalue weighted by Gasteiger charge is 2.69. The van der Waals surface area contributed by atoms with Gasteiger partial charge in [0.2, 0.25) is 0 Å². The van der Waals surface area contributed by atoms with Crippen molar-refractivity contribution in [3.05, 3.63) is 71.8 Å². The Morgan fingerprint density at radius 3 is 1.38 bits per heavy atom. The van der Waals surface area contributed by atoms with Gasteiger partial charge in [0.05, 0.1) is 0 Å². The van der Waals surface area contributed by atoms with Crippen LogP contribution < -0.4 is 0 Å². The first-order valence-electron chi connectivity index (χ1n) is 8.10. The number of benzene rings is 2. The summed E-state index contributed by atoms with van der Waals surface area (Å²) >= 11 is 0. The highest BCUT2D eigenvalue weighted by atomic mass is 16.6. The van der Waals surface area contributed by atoms with E-state index < -0.39 is 0 Å². The van der Waals surface area contributed by atoms with Crippen molar-refractivity contribution in [2.45, 2.75) is 50.7 Å². The summed E-state index contributed by atoms with van der Waals surface area (Å²) in [6.45, 7) is 4.49. The molecule has 0 saturated carbocycles. The maximum Gasteiger partial charge on any atom is 0.128 e. The van der Waals surface area contributed by atoms with Crippen molar-refractivity contribution in [2.75, 3.05) is 0 Å². The van der Waals surface area contributed by atoms with Crippen LogP contribution in [0.2, 0.25) is 0 Å². The van der Waals surface area contributed by atoms with Gasteiger partial charge in [-0.3, -0.25) is 0 Å². The summed E-state index contributed by atoms with van der Waals surface area (Å²) in [4.78, 5) is 0. The van der Waals surface area contributed by atoms with Gasteiger partial charge in [0, 0.05) is 0 Å². The van der Waals surface area contributed by atoms with Crippen molar-refractivity contribution in [3.8, 4) is 0 Å². The van der Waals surface area contributed by atoms with Crippen LogP contribution in [0.15, 0.2) is 60.7 Å². The van der Waals surface area contributed by atoms with Crippen molar-refractivity contribution in [1.29, 1.82) is 0 Å². The molecule has 0 aliphatic carbocycles. The Morgan fingerprint density at radius 2 is 1.05 bits per heavy atom. The van der Waals surface area contributed by atoms with Gasteiger partial charge in [0.15, 0.2) is 0 Å². The van der Waals surface area contributed by atoms with Crippen LogP contribution in [0.3, 0.4) is 0 Å². The fourth-order valence-electron chi connectivity index (χ4n) is 3.77. The van der Waals surface area contributed by atoms with E-state index in [4.69, 9.17) is 4.74 Å². The molecule has 2 aromatic rings. The van der Waals surface area contributed by atoms with Crippen molar-refractivity contribution in [3.63, 3.8) is 0 Å². The Hall–Kier alpha value is -1.60. The topological polar surface area (TPSA) is 12.5 Å². The van der Waals surface area contributed by atoms with E-state index in [1.807, 2.05) is 0 Å². The molecule has 1 aliphatic heterocycles. The molecule has 1 heteroatoms. The van der Waals surface area contributed by atoms with E-state index in [0.29, 0.717) is 0 Å². The van der Waals surface area contributed by atoms with Gasteiger partial charge < -0.3 is 4.74 Å². The zero-order valence-electron chi connectivity index (χ0n) is 13.0. The molecular formula is C20H24O. The second kappa shape index (κ2) is 5.65. The van der Waals surface area contributed by atoms with Crippen LogP contribution >= 0.6 is 0 Å². The molecule has 2 atom stereocenters. The zero-order chi connectivity index (χ0) is 14.8. The SMILES string of the molecule is CCCC1(c2ccccc2)OC1(CCC)c1ccccc1. The van der Waals surface area contributed by atoms with Crippen LogP contribution in [-0.2, 0) is 15.9 Å². The number of hydrogen-bond donors (Lipinski definition) is 0. The van der Waals surface area contributed by atoms with Gasteiger partial charge in [-0.25, -0.2) is 0 Å². The zero-order valence-corrected chi connectivity index (χ0v) is 13.0. The first-order chi connectivity index (χ1) is 10.3. The van der Waals surface area contributed by atoms with Gasteiger partial charge in [0.1, 0.15) is 11.2 Å². The van der Waals surface area contributed by atoms with Gasteiger partial charge >= 0.3 is 0 Å². The summed E-state index contributed by atoms with van der Waals surface area (Å²) < 4.78 is 6.55. The second-order valence-corrected chi connectivity index (χ2v) is 5.99.